The van der Waals surface area contributed by atoms with Gasteiger partial charge in [-0.3, -0.25) is 0 Å². The number of para-hydroxylation sites is 1. The van der Waals surface area contributed by atoms with Crippen LogP contribution < -0.4 is 10.1 Å². The van der Waals surface area contributed by atoms with Crippen LogP contribution in [0.5, 0.6) is 5.75 Å². The molecule has 1 aliphatic rings. The van der Waals surface area contributed by atoms with Gasteiger partial charge < -0.3 is 15.0 Å². The van der Waals surface area contributed by atoms with E-state index in [2.05, 4.69) is 59.7 Å². The summed E-state index contributed by atoms with van der Waals surface area (Å²) in [5.74, 6) is 0.950. The number of ether oxygens (including phenoxy) is 1. The maximum Gasteiger partial charge on any atom is 0.124 e. The van der Waals surface area contributed by atoms with Crippen molar-refractivity contribution >= 4 is 10.9 Å². The zero-order valence-corrected chi connectivity index (χ0v) is 13.6. The molecule has 0 fully saturated rings. The Labute approximate surface area is 136 Å². The molecule has 0 amide bonds. The molecule has 1 aromatic heterocycles. The van der Waals surface area contributed by atoms with Crippen molar-refractivity contribution in [3.8, 4) is 5.75 Å². The van der Waals surface area contributed by atoms with Crippen LogP contribution in [0, 0.1) is 0 Å². The zero-order valence-electron chi connectivity index (χ0n) is 13.6. The van der Waals surface area contributed by atoms with Gasteiger partial charge >= 0.3 is 0 Å². The Morgan fingerprint density at radius 1 is 1.17 bits per heavy atom. The number of rotatable bonds is 3. The van der Waals surface area contributed by atoms with Crippen LogP contribution in [0.4, 0.5) is 0 Å². The predicted octanol–water partition coefficient (Wildman–Crippen LogP) is 3.97. The lowest BCUT2D eigenvalue weighted by Crippen LogP contribution is -2.30. The summed E-state index contributed by atoms with van der Waals surface area (Å²) in [5, 5.41) is 5.01. The molecule has 1 aliphatic heterocycles. The highest BCUT2D eigenvalue weighted by atomic mass is 16.5. The van der Waals surface area contributed by atoms with Crippen LogP contribution in [-0.2, 0) is 12.8 Å². The van der Waals surface area contributed by atoms with Crippen molar-refractivity contribution < 1.29 is 4.74 Å². The third-order valence-corrected chi connectivity index (χ3v) is 4.87. The lowest BCUT2D eigenvalue weighted by atomic mass is 9.92. The Hall–Kier alpha value is -2.26. The molecule has 23 heavy (non-hydrogen) atoms. The van der Waals surface area contributed by atoms with Crippen molar-refractivity contribution in [1.82, 2.24) is 10.3 Å². The molecular formula is C20H22N2O. The van der Waals surface area contributed by atoms with Gasteiger partial charge in [-0.05, 0) is 36.1 Å². The second kappa shape index (κ2) is 5.74. The largest absolute Gasteiger partial charge is 0.496 e. The first kappa shape index (κ1) is 14.3. The summed E-state index contributed by atoms with van der Waals surface area (Å²) >= 11 is 0. The zero-order chi connectivity index (χ0) is 15.8. The minimum Gasteiger partial charge on any atom is -0.496 e. The third kappa shape index (κ3) is 2.32. The normalized spacial score (nSPS) is 17.2. The van der Waals surface area contributed by atoms with Crippen molar-refractivity contribution in [1.29, 1.82) is 0 Å². The summed E-state index contributed by atoms with van der Waals surface area (Å²) in [4.78, 5) is 3.64. The van der Waals surface area contributed by atoms with Gasteiger partial charge in [0.15, 0.2) is 0 Å². The molecule has 0 saturated carbocycles. The lowest BCUT2D eigenvalue weighted by Gasteiger charge is -2.26. The minimum absolute atomic E-state index is 0.160. The van der Waals surface area contributed by atoms with E-state index >= 15 is 0 Å². The Morgan fingerprint density at radius 2 is 2.04 bits per heavy atom. The SMILES string of the molecule is CCc1ccc(OC)c(C2NCCc3c2[nH]c2ccccc32)c1. The molecule has 2 aromatic carbocycles. The van der Waals surface area contributed by atoms with Crippen LogP contribution >= 0.6 is 0 Å². The number of hydrogen-bond acceptors (Lipinski definition) is 2. The number of H-pyrrole nitrogens is 1. The van der Waals surface area contributed by atoms with Crippen LogP contribution in [0.1, 0.15) is 35.3 Å². The number of aromatic nitrogens is 1. The smallest absolute Gasteiger partial charge is 0.124 e. The molecule has 4 rings (SSSR count). The van der Waals surface area contributed by atoms with Crippen molar-refractivity contribution in [2.45, 2.75) is 25.8 Å². The first-order chi connectivity index (χ1) is 11.3. The topological polar surface area (TPSA) is 37.0 Å². The van der Waals surface area contributed by atoms with E-state index in [1.54, 1.807) is 7.11 Å². The highest BCUT2D eigenvalue weighted by Gasteiger charge is 2.27. The van der Waals surface area contributed by atoms with E-state index in [4.69, 9.17) is 4.74 Å². The average Bonchev–Trinajstić information content (AvgIpc) is 3.00. The number of hydrogen-bond donors (Lipinski definition) is 2. The Morgan fingerprint density at radius 3 is 2.87 bits per heavy atom. The molecule has 2 N–H and O–H groups in total. The standard InChI is InChI=1S/C20H22N2O/c1-3-13-8-9-18(23-2)16(12-13)19-20-15(10-11-21-19)14-6-4-5-7-17(14)22-20/h4-9,12,19,21-22H,3,10-11H2,1-2H3. The summed E-state index contributed by atoms with van der Waals surface area (Å²) in [6, 6.07) is 15.3. The van der Waals surface area contributed by atoms with Gasteiger partial charge in [0, 0.05) is 28.7 Å². The van der Waals surface area contributed by atoms with Gasteiger partial charge in [-0.15, -0.1) is 0 Å². The fourth-order valence-electron chi connectivity index (χ4n) is 3.67. The molecule has 1 unspecified atom stereocenters. The Kier molecular flexibility index (Phi) is 3.58. The molecule has 3 heteroatoms. The van der Waals surface area contributed by atoms with Gasteiger partial charge in [-0.25, -0.2) is 0 Å². The number of nitrogens with one attached hydrogen (secondary N) is 2. The van der Waals surface area contributed by atoms with Gasteiger partial charge in [0.1, 0.15) is 5.75 Å². The number of benzene rings is 2. The molecule has 0 spiro atoms. The lowest BCUT2D eigenvalue weighted by molar-refractivity contribution is 0.401. The van der Waals surface area contributed by atoms with E-state index in [-0.39, 0.29) is 6.04 Å². The van der Waals surface area contributed by atoms with Gasteiger partial charge in [0.2, 0.25) is 0 Å². The van der Waals surface area contributed by atoms with E-state index < -0.39 is 0 Å². The van der Waals surface area contributed by atoms with Crippen LogP contribution in [0.2, 0.25) is 0 Å². The number of methoxy groups -OCH3 is 1. The molecule has 0 bridgehead atoms. The van der Waals surface area contributed by atoms with Crippen LogP contribution in [-0.4, -0.2) is 18.6 Å². The van der Waals surface area contributed by atoms with Crippen LogP contribution in [0.25, 0.3) is 10.9 Å². The second-order valence-corrected chi connectivity index (χ2v) is 6.13. The van der Waals surface area contributed by atoms with E-state index in [9.17, 15) is 0 Å². The number of aryl methyl sites for hydroxylation is 1. The third-order valence-electron chi connectivity index (χ3n) is 4.87. The van der Waals surface area contributed by atoms with Gasteiger partial charge in [0.05, 0.1) is 13.2 Å². The molecule has 0 radical (unpaired) electrons. The van der Waals surface area contributed by atoms with Crippen molar-refractivity contribution in [2.24, 2.45) is 0 Å². The maximum atomic E-state index is 5.63. The summed E-state index contributed by atoms with van der Waals surface area (Å²) in [7, 11) is 1.75. The van der Waals surface area contributed by atoms with E-state index in [0.717, 1.165) is 25.1 Å². The fraction of sp³-hybridized carbons (Fsp3) is 0.300. The molecule has 118 valence electrons. The van der Waals surface area contributed by atoms with E-state index in [1.165, 1.54) is 33.3 Å². The van der Waals surface area contributed by atoms with Gasteiger partial charge in [-0.2, -0.15) is 0 Å². The van der Waals surface area contributed by atoms with E-state index in [0.29, 0.717) is 0 Å². The molecule has 0 aliphatic carbocycles. The first-order valence-electron chi connectivity index (χ1n) is 8.31. The number of aromatic amines is 1. The van der Waals surface area contributed by atoms with Crippen molar-refractivity contribution in [3.05, 3.63) is 64.8 Å². The van der Waals surface area contributed by atoms with Crippen LogP contribution in [0.15, 0.2) is 42.5 Å². The molecular weight excluding hydrogens is 284 g/mol. The highest BCUT2D eigenvalue weighted by Crippen LogP contribution is 2.37. The summed E-state index contributed by atoms with van der Waals surface area (Å²) in [5.41, 5.74) is 6.50. The summed E-state index contributed by atoms with van der Waals surface area (Å²) in [6.07, 6.45) is 2.09. The first-order valence-corrected chi connectivity index (χ1v) is 8.31. The Balaban J connectivity index is 1.89. The summed E-state index contributed by atoms with van der Waals surface area (Å²) < 4.78 is 5.63. The quantitative estimate of drug-likeness (QED) is 0.768. The monoisotopic (exact) mass is 306 g/mol. The Bertz CT molecular complexity index is 850. The minimum atomic E-state index is 0.160. The molecule has 1 atom stereocenters. The highest BCUT2D eigenvalue weighted by molar-refractivity contribution is 5.85. The second-order valence-electron chi connectivity index (χ2n) is 6.13. The van der Waals surface area contributed by atoms with E-state index in [1.807, 2.05) is 0 Å². The predicted molar refractivity (Wildman–Crippen MR) is 94.2 cm³/mol. The average molecular weight is 306 g/mol. The van der Waals surface area contributed by atoms with Crippen molar-refractivity contribution in [2.75, 3.05) is 13.7 Å². The van der Waals surface area contributed by atoms with Crippen molar-refractivity contribution in [3.63, 3.8) is 0 Å². The van der Waals surface area contributed by atoms with Gasteiger partial charge in [0.25, 0.3) is 0 Å². The van der Waals surface area contributed by atoms with Crippen LogP contribution in [0.3, 0.4) is 0 Å². The number of fused-ring (bicyclic) bond motifs is 3. The van der Waals surface area contributed by atoms with Gasteiger partial charge in [-0.1, -0.05) is 37.3 Å². The fourth-order valence-corrected chi connectivity index (χ4v) is 3.67. The maximum absolute atomic E-state index is 5.63. The molecule has 3 aromatic rings. The molecule has 0 saturated heterocycles. The molecule has 2 heterocycles. The molecule has 3 nitrogen and oxygen atoms in total. The summed E-state index contributed by atoms with van der Waals surface area (Å²) in [6.45, 7) is 3.17.